The van der Waals surface area contributed by atoms with Crippen LogP contribution in [0.2, 0.25) is 0 Å². The molecule has 0 radical (unpaired) electrons. The van der Waals surface area contributed by atoms with Crippen molar-refractivity contribution in [2.45, 2.75) is 45.1 Å². The van der Waals surface area contributed by atoms with Crippen LogP contribution in [0.5, 0.6) is 0 Å². The van der Waals surface area contributed by atoms with Crippen LogP contribution in [0.15, 0.2) is 0 Å². The first-order valence-corrected chi connectivity index (χ1v) is 6.79. The minimum absolute atomic E-state index is 0.0381. The zero-order chi connectivity index (χ0) is 13.2. The van der Waals surface area contributed by atoms with Crippen LogP contribution in [0.1, 0.15) is 39.0 Å². The highest BCUT2D eigenvalue weighted by atomic mass is 16.4. The van der Waals surface area contributed by atoms with Gasteiger partial charge >= 0.3 is 5.97 Å². The van der Waals surface area contributed by atoms with Crippen LogP contribution < -0.4 is 5.32 Å². The van der Waals surface area contributed by atoms with Crippen molar-refractivity contribution in [2.75, 3.05) is 19.6 Å². The first kappa shape index (κ1) is 13.3. The number of carbonyl (C=O) groups is 2. The van der Waals surface area contributed by atoms with E-state index in [1.807, 2.05) is 6.92 Å². The molecule has 1 aliphatic heterocycles. The molecule has 0 aromatic rings. The minimum Gasteiger partial charge on any atom is -0.480 e. The average Bonchev–Trinajstić information content (AvgIpc) is 2.38. The van der Waals surface area contributed by atoms with Gasteiger partial charge in [0, 0.05) is 25.0 Å². The Labute approximate surface area is 108 Å². The van der Waals surface area contributed by atoms with Crippen LogP contribution in [0.4, 0.5) is 0 Å². The van der Waals surface area contributed by atoms with Crippen molar-refractivity contribution >= 4 is 11.9 Å². The molecule has 1 saturated carbocycles. The average molecular weight is 254 g/mol. The van der Waals surface area contributed by atoms with Gasteiger partial charge in [-0.15, -0.1) is 0 Å². The molecule has 1 aliphatic carbocycles. The van der Waals surface area contributed by atoms with Crippen molar-refractivity contribution in [3.05, 3.63) is 0 Å². The lowest BCUT2D eigenvalue weighted by Crippen LogP contribution is -2.60. The van der Waals surface area contributed by atoms with Gasteiger partial charge in [0.2, 0.25) is 5.91 Å². The molecule has 2 N–H and O–H groups in total. The van der Waals surface area contributed by atoms with Crippen LogP contribution >= 0.6 is 0 Å². The number of carboxylic acids is 1. The fourth-order valence-corrected chi connectivity index (χ4v) is 3.06. The fourth-order valence-electron chi connectivity index (χ4n) is 3.06. The maximum Gasteiger partial charge on any atom is 0.327 e. The van der Waals surface area contributed by atoms with Gasteiger partial charge in [-0.2, -0.15) is 0 Å². The van der Waals surface area contributed by atoms with Gasteiger partial charge in [0.1, 0.15) is 6.04 Å². The van der Waals surface area contributed by atoms with E-state index in [1.165, 1.54) is 6.42 Å². The quantitative estimate of drug-likeness (QED) is 0.766. The summed E-state index contributed by atoms with van der Waals surface area (Å²) < 4.78 is 0. The molecule has 0 aromatic heterocycles. The Morgan fingerprint density at radius 3 is 2.56 bits per heavy atom. The maximum absolute atomic E-state index is 12.6. The molecule has 5 nitrogen and oxygen atoms in total. The Morgan fingerprint density at radius 2 is 1.94 bits per heavy atom. The number of aliphatic carboxylic acids is 1. The number of hydrogen-bond acceptors (Lipinski definition) is 3. The number of hydrogen-bond donors (Lipinski definition) is 2. The van der Waals surface area contributed by atoms with Crippen molar-refractivity contribution < 1.29 is 14.7 Å². The Balaban J connectivity index is 2.12. The van der Waals surface area contributed by atoms with Crippen LogP contribution in [0, 0.1) is 5.41 Å². The SMILES string of the molecule is CC1(C(=O)N2CCNCC2C(=O)O)CCCCC1. The third kappa shape index (κ3) is 2.51. The molecule has 1 saturated heterocycles. The zero-order valence-corrected chi connectivity index (χ0v) is 10.9. The van der Waals surface area contributed by atoms with Crippen LogP contribution in [-0.4, -0.2) is 47.6 Å². The van der Waals surface area contributed by atoms with Gasteiger partial charge < -0.3 is 15.3 Å². The summed E-state index contributed by atoms with van der Waals surface area (Å²) in [5, 5.41) is 12.2. The summed E-state index contributed by atoms with van der Waals surface area (Å²) >= 11 is 0. The highest BCUT2D eigenvalue weighted by Crippen LogP contribution is 2.37. The van der Waals surface area contributed by atoms with Crippen molar-refractivity contribution in [3.63, 3.8) is 0 Å². The molecular weight excluding hydrogens is 232 g/mol. The lowest BCUT2D eigenvalue weighted by molar-refractivity contribution is -0.157. The monoisotopic (exact) mass is 254 g/mol. The molecule has 2 fully saturated rings. The molecule has 0 bridgehead atoms. The predicted octanol–water partition coefficient (Wildman–Crippen LogP) is 0.842. The summed E-state index contributed by atoms with van der Waals surface area (Å²) in [6.07, 6.45) is 5.12. The number of carboxylic acid groups (broad SMARTS) is 1. The predicted molar refractivity (Wildman–Crippen MR) is 67.2 cm³/mol. The fraction of sp³-hybridized carbons (Fsp3) is 0.846. The number of rotatable bonds is 2. The van der Waals surface area contributed by atoms with Crippen molar-refractivity contribution in [3.8, 4) is 0 Å². The summed E-state index contributed by atoms with van der Waals surface area (Å²) in [4.78, 5) is 25.4. The molecule has 2 aliphatic rings. The summed E-state index contributed by atoms with van der Waals surface area (Å²) in [5.41, 5.74) is -0.344. The van der Waals surface area contributed by atoms with Crippen molar-refractivity contribution in [2.24, 2.45) is 5.41 Å². The molecule has 1 atom stereocenters. The molecule has 102 valence electrons. The lowest BCUT2D eigenvalue weighted by atomic mass is 9.74. The maximum atomic E-state index is 12.6. The molecule has 0 spiro atoms. The largest absolute Gasteiger partial charge is 0.480 e. The molecule has 2 rings (SSSR count). The van der Waals surface area contributed by atoms with E-state index >= 15 is 0 Å². The van der Waals surface area contributed by atoms with Gasteiger partial charge in [0.15, 0.2) is 0 Å². The standard InChI is InChI=1S/C13H22N2O3/c1-13(5-3-2-4-6-13)12(18)15-8-7-14-9-10(15)11(16)17/h10,14H,2-9H2,1H3,(H,16,17). The van der Waals surface area contributed by atoms with Crippen LogP contribution in [0.25, 0.3) is 0 Å². The van der Waals surface area contributed by atoms with E-state index in [2.05, 4.69) is 5.32 Å². The van der Waals surface area contributed by atoms with Gasteiger partial charge in [-0.25, -0.2) is 4.79 Å². The molecule has 1 unspecified atom stereocenters. The molecule has 0 aromatic carbocycles. The van der Waals surface area contributed by atoms with Crippen LogP contribution in [-0.2, 0) is 9.59 Å². The van der Waals surface area contributed by atoms with Gasteiger partial charge in [0.25, 0.3) is 0 Å². The number of piperazine rings is 1. The number of nitrogens with one attached hydrogen (secondary N) is 1. The first-order valence-electron chi connectivity index (χ1n) is 6.79. The third-order valence-electron chi connectivity index (χ3n) is 4.26. The Morgan fingerprint density at radius 1 is 1.28 bits per heavy atom. The van der Waals surface area contributed by atoms with E-state index in [0.29, 0.717) is 19.6 Å². The highest BCUT2D eigenvalue weighted by molar-refractivity contribution is 5.87. The van der Waals surface area contributed by atoms with E-state index in [-0.39, 0.29) is 11.3 Å². The molecule has 18 heavy (non-hydrogen) atoms. The van der Waals surface area contributed by atoms with Gasteiger partial charge in [-0.1, -0.05) is 26.2 Å². The Hall–Kier alpha value is -1.10. The van der Waals surface area contributed by atoms with Gasteiger partial charge in [-0.3, -0.25) is 4.79 Å². The summed E-state index contributed by atoms with van der Waals surface area (Å²) in [7, 11) is 0. The van der Waals surface area contributed by atoms with Gasteiger partial charge in [-0.05, 0) is 12.8 Å². The normalized spacial score (nSPS) is 27.8. The second kappa shape index (κ2) is 5.26. The lowest BCUT2D eigenvalue weighted by Gasteiger charge is -2.41. The van der Waals surface area contributed by atoms with Crippen molar-refractivity contribution in [1.29, 1.82) is 0 Å². The first-order chi connectivity index (χ1) is 8.54. The summed E-state index contributed by atoms with van der Waals surface area (Å²) in [6.45, 7) is 3.55. The molecular formula is C13H22N2O3. The van der Waals surface area contributed by atoms with Crippen LogP contribution in [0.3, 0.4) is 0 Å². The Kier molecular flexibility index (Phi) is 3.90. The minimum atomic E-state index is -0.907. The topological polar surface area (TPSA) is 69.6 Å². The number of nitrogens with zero attached hydrogens (tertiary/aromatic N) is 1. The van der Waals surface area contributed by atoms with Crippen molar-refractivity contribution in [1.82, 2.24) is 10.2 Å². The van der Waals surface area contributed by atoms with E-state index in [9.17, 15) is 14.7 Å². The highest BCUT2D eigenvalue weighted by Gasteiger charge is 2.42. The molecule has 1 amide bonds. The Bertz CT molecular complexity index is 337. The summed E-state index contributed by atoms with van der Waals surface area (Å²) in [5.74, 6) is -0.869. The summed E-state index contributed by atoms with van der Waals surface area (Å²) in [6, 6.07) is -0.704. The second-order valence-corrected chi connectivity index (χ2v) is 5.68. The smallest absolute Gasteiger partial charge is 0.327 e. The third-order valence-corrected chi connectivity index (χ3v) is 4.26. The molecule has 5 heteroatoms. The zero-order valence-electron chi connectivity index (χ0n) is 10.9. The number of carbonyl (C=O) groups excluding carboxylic acids is 1. The van der Waals surface area contributed by atoms with E-state index < -0.39 is 12.0 Å². The van der Waals surface area contributed by atoms with E-state index in [0.717, 1.165) is 25.7 Å². The van der Waals surface area contributed by atoms with E-state index in [4.69, 9.17) is 0 Å². The second-order valence-electron chi connectivity index (χ2n) is 5.68. The van der Waals surface area contributed by atoms with Gasteiger partial charge in [0.05, 0.1) is 0 Å². The number of amides is 1. The van der Waals surface area contributed by atoms with E-state index in [1.54, 1.807) is 4.90 Å². The molecule has 1 heterocycles.